The topological polar surface area (TPSA) is 80.7 Å². The Bertz CT molecular complexity index is 484. The number of hydrogen-bond acceptors (Lipinski definition) is 4. The first-order chi connectivity index (χ1) is 13.9. The molecule has 0 radical (unpaired) electrons. The van der Waals surface area contributed by atoms with Crippen LogP contribution in [0.5, 0.6) is 0 Å². The summed E-state index contributed by atoms with van der Waals surface area (Å²) in [6, 6.07) is 0. The molecule has 0 fully saturated rings. The number of rotatable bonds is 19. The number of Topliss-reactive ketones (excluding diaryl/α,β-unsaturated/α-hetero) is 1. The van der Waals surface area contributed by atoms with Crippen molar-refractivity contribution in [2.45, 2.75) is 104 Å². The van der Waals surface area contributed by atoms with Gasteiger partial charge in [0.05, 0.1) is 19.4 Å². The van der Waals surface area contributed by atoms with E-state index in [1.165, 1.54) is 32.8 Å². The largest absolute Gasteiger partial charge is 0.481 e. The quantitative estimate of drug-likeness (QED) is 0.158. The number of carboxylic acids is 1. The maximum absolute atomic E-state index is 11.8. The van der Waals surface area contributed by atoms with Gasteiger partial charge in [0.25, 0.3) is 0 Å². The van der Waals surface area contributed by atoms with E-state index in [9.17, 15) is 19.5 Å². The third kappa shape index (κ3) is 15.9. The van der Waals surface area contributed by atoms with Crippen molar-refractivity contribution in [3.8, 4) is 0 Å². The number of esters is 1. The number of unbranched alkanes of at least 4 members (excludes halogenated alkanes) is 9. The van der Waals surface area contributed by atoms with E-state index in [1.807, 2.05) is 6.08 Å². The van der Waals surface area contributed by atoms with Crippen molar-refractivity contribution in [2.75, 3.05) is 7.11 Å². The highest BCUT2D eigenvalue weighted by Crippen LogP contribution is 2.26. The molecule has 0 saturated heterocycles. The van der Waals surface area contributed by atoms with Gasteiger partial charge < -0.3 is 14.6 Å². The average molecular weight is 411 g/mol. The summed E-state index contributed by atoms with van der Waals surface area (Å²) >= 11 is 0. The molecule has 0 aromatic rings. The molecule has 0 aliphatic rings. The Morgan fingerprint density at radius 2 is 1.55 bits per heavy atom. The highest BCUT2D eigenvalue weighted by atomic mass is 16.5. The van der Waals surface area contributed by atoms with Crippen LogP contribution in [0.15, 0.2) is 12.2 Å². The molecule has 5 nitrogen and oxygen atoms in total. The molecule has 0 aliphatic carbocycles. The van der Waals surface area contributed by atoms with E-state index >= 15 is 0 Å². The Kier molecular flexibility index (Phi) is 17.3. The van der Waals surface area contributed by atoms with Crippen molar-refractivity contribution in [2.24, 2.45) is 11.8 Å². The van der Waals surface area contributed by atoms with Gasteiger partial charge in [-0.15, -0.1) is 0 Å². The van der Waals surface area contributed by atoms with Gasteiger partial charge in [-0.05, 0) is 38.5 Å². The highest BCUT2D eigenvalue weighted by Gasteiger charge is 2.28. The first-order valence-electron chi connectivity index (χ1n) is 11.4. The van der Waals surface area contributed by atoms with Crippen LogP contribution in [0.1, 0.15) is 104 Å². The molecular formula is C24H42O5. The summed E-state index contributed by atoms with van der Waals surface area (Å²) in [7, 11) is 1.30. The lowest BCUT2D eigenvalue weighted by atomic mass is 9.84. The minimum Gasteiger partial charge on any atom is -0.481 e. The predicted molar refractivity (Wildman–Crippen MR) is 117 cm³/mol. The van der Waals surface area contributed by atoms with Gasteiger partial charge in [-0.2, -0.15) is 0 Å². The molecule has 2 atom stereocenters. The van der Waals surface area contributed by atoms with Crippen molar-refractivity contribution in [3.05, 3.63) is 12.2 Å². The third-order valence-corrected chi connectivity index (χ3v) is 5.37. The summed E-state index contributed by atoms with van der Waals surface area (Å²) < 4.78 is 4.70. The monoisotopic (exact) mass is 410 g/mol. The Labute approximate surface area is 177 Å². The lowest BCUT2D eigenvalue weighted by Gasteiger charge is -2.20. The minimum atomic E-state index is -0.936. The normalized spacial score (nSPS) is 13.3. The SMILES string of the molecule is CCCCCCC/C=C/C(CCCCCCCC(C)=O)C(CC(=O)OC)C(=O)O. The van der Waals surface area contributed by atoms with Crippen molar-refractivity contribution in [1.29, 1.82) is 0 Å². The fourth-order valence-electron chi connectivity index (χ4n) is 3.54. The summed E-state index contributed by atoms with van der Waals surface area (Å²) in [5.74, 6) is -2.07. The Balaban J connectivity index is 4.58. The molecule has 29 heavy (non-hydrogen) atoms. The van der Waals surface area contributed by atoms with Gasteiger partial charge in [-0.3, -0.25) is 9.59 Å². The van der Waals surface area contributed by atoms with Crippen molar-refractivity contribution in [3.63, 3.8) is 0 Å². The number of ketones is 1. The Morgan fingerprint density at radius 3 is 2.17 bits per heavy atom. The highest BCUT2D eigenvalue weighted by molar-refractivity contribution is 5.79. The maximum Gasteiger partial charge on any atom is 0.307 e. The van der Waals surface area contributed by atoms with Crippen LogP contribution in [0.3, 0.4) is 0 Å². The predicted octanol–water partition coefficient (Wildman–Crippen LogP) is 6.10. The van der Waals surface area contributed by atoms with Crippen molar-refractivity contribution >= 4 is 17.7 Å². The number of carbonyl (C=O) groups is 3. The summed E-state index contributed by atoms with van der Waals surface area (Å²) in [6.45, 7) is 3.81. The number of hydrogen-bond donors (Lipinski definition) is 1. The van der Waals surface area contributed by atoms with Gasteiger partial charge in [0.2, 0.25) is 0 Å². The number of ether oxygens (including phenoxy) is 1. The second-order valence-electron chi connectivity index (χ2n) is 8.03. The van der Waals surface area contributed by atoms with E-state index in [1.54, 1.807) is 6.92 Å². The Morgan fingerprint density at radius 1 is 0.931 bits per heavy atom. The number of methoxy groups -OCH3 is 1. The zero-order chi connectivity index (χ0) is 21.9. The minimum absolute atomic E-state index is 0.0873. The molecular weight excluding hydrogens is 368 g/mol. The molecule has 0 rings (SSSR count). The first kappa shape index (κ1) is 27.4. The van der Waals surface area contributed by atoms with E-state index in [2.05, 4.69) is 13.0 Å². The van der Waals surface area contributed by atoms with Crippen LogP contribution < -0.4 is 0 Å². The molecule has 0 bridgehead atoms. The van der Waals surface area contributed by atoms with E-state index in [4.69, 9.17) is 4.74 Å². The number of aliphatic carboxylic acids is 1. The second-order valence-corrected chi connectivity index (χ2v) is 8.03. The third-order valence-electron chi connectivity index (χ3n) is 5.37. The van der Waals surface area contributed by atoms with Crippen LogP contribution in [0.25, 0.3) is 0 Å². The second kappa shape index (κ2) is 18.4. The van der Waals surface area contributed by atoms with Gasteiger partial charge in [-0.25, -0.2) is 0 Å². The van der Waals surface area contributed by atoms with E-state index < -0.39 is 17.9 Å². The molecule has 0 aliphatic heterocycles. The average Bonchev–Trinajstić information content (AvgIpc) is 2.68. The van der Waals surface area contributed by atoms with E-state index in [-0.39, 0.29) is 18.1 Å². The number of carboxylic acid groups (broad SMARTS) is 1. The lowest BCUT2D eigenvalue weighted by Crippen LogP contribution is -2.26. The lowest BCUT2D eigenvalue weighted by molar-refractivity contribution is -0.151. The van der Waals surface area contributed by atoms with Gasteiger partial charge in [0.1, 0.15) is 5.78 Å². The maximum atomic E-state index is 11.8. The molecule has 0 aromatic carbocycles. The molecule has 0 saturated carbocycles. The van der Waals surface area contributed by atoms with Crippen LogP contribution in [0.2, 0.25) is 0 Å². The fourth-order valence-corrected chi connectivity index (χ4v) is 3.54. The van der Waals surface area contributed by atoms with Crippen LogP contribution in [-0.4, -0.2) is 29.9 Å². The molecule has 2 unspecified atom stereocenters. The molecule has 0 heterocycles. The van der Waals surface area contributed by atoms with Crippen LogP contribution in [-0.2, 0) is 19.1 Å². The standard InChI is InChI=1S/C24H42O5/c1-4-5-6-7-8-11-14-17-21(22(24(27)28)19-23(26)29-3)18-15-12-9-10-13-16-20(2)25/h14,17,21-22H,4-13,15-16,18-19H2,1-3H3,(H,27,28)/b17-14+. The first-order valence-corrected chi connectivity index (χ1v) is 11.4. The van der Waals surface area contributed by atoms with Gasteiger partial charge in [0.15, 0.2) is 0 Å². The summed E-state index contributed by atoms with van der Waals surface area (Å²) in [4.78, 5) is 34.4. The van der Waals surface area contributed by atoms with Crippen LogP contribution in [0, 0.1) is 11.8 Å². The zero-order valence-corrected chi connectivity index (χ0v) is 18.8. The van der Waals surface area contributed by atoms with Gasteiger partial charge in [-0.1, -0.05) is 70.4 Å². The van der Waals surface area contributed by atoms with Gasteiger partial charge >= 0.3 is 11.9 Å². The molecule has 1 N–H and O–H groups in total. The summed E-state index contributed by atoms with van der Waals surface area (Å²) in [5, 5.41) is 9.64. The Hall–Kier alpha value is -1.65. The molecule has 0 amide bonds. The summed E-state index contributed by atoms with van der Waals surface area (Å²) in [6.07, 6.45) is 17.4. The zero-order valence-electron chi connectivity index (χ0n) is 18.8. The summed E-state index contributed by atoms with van der Waals surface area (Å²) in [5.41, 5.74) is 0. The molecule has 168 valence electrons. The molecule has 5 heteroatoms. The van der Waals surface area contributed by atoms with E-state index in [0.717, 1.165) is 51.4 Å². The smallest absolute Gasteiger partial charge is 0.307 e. The van der Waals surface area contributed by atoms with Crippen molar-refractivity contribution < 1.29 is 24.2 Å². The van der Waals surface area contributed by atoms with Gasteiger partial charge in [0, 0.05) is 6.42 Å². The molecule has 0 aromatic heterocycles. The number of allylic oxidation sites excluding steroid dienone is 2. The van der Waals surface area contributed by atoms with Crippen LogP contribution in [0.4, 0.5) is 0 Å². The number of carbonyl (C=O) groups excluding carboxylic acids is 2. The molecule has 0 spiro atoms. The van der Waals surface area contributed by atoms with E-state index in [0.29, 0.717) is 6.42 Å². The van der Waals surface area contributed by atoms with Crippen LogP contribution >= 0.6 is 0 Å². The fraction of sp³-hybridized carbons (Fsp3) is 0.792. The van der Waals surface area contributed by atoms with Crippen molar-refractivity contribution in [1.82, 2.24) is 0 Å².